The van der Waals surface area contributed by atoms with E-state index in [4.69, 9.17) is 0 Å². The summed E-state index contributed by atoms with van der Waals surface area (Å²) in [4.78, 5) is 13.2. The minimum absolute atomic E-state index is 0.0260. The van der Waals surface area contributed by atoms with Crippen LogP contribution in [0.1, 0.15) is 86.7 Å². The molecule has 1 aliphatic carbocycles. The van der Waals surface area contributed by atoms with E-state index in [9.17, 15) is 22.0 Å². The summed E-state index contributed by atoms with van der Waals surface area (Å²) in [6, 6.07) is 7.77. The van der Waals surface area contributed by atoms with Crippen molar-refractivity contribution in [3.63, 3.8) is 0 Å². The zero-order chi connectivity index (χ0) is 26.3. The zero-order valence-corrected chi connectivity index (χ0v) is 22.5. The van der Waals surface area contributed by atoms with E-state index in [0.29, 0.717) is 11.3 Å². The number of nitrogens with one attached hydrogen (secondary N) is 1. The molecule has 1 aromatic carbocycles. The van der Waals surface area contributed by atoms with Gasteiger partial charge in [-0.25, -0.2) is 21.5 Å². The summed E-state index contributed by atoms with van der Waals surface area (Å²) >= 11 is 0. The van der Waals surface area contributed by atoms with Gasteiger partial charge in [-0.15, -0.1) is 0 Å². The second-order valence-corrected chi connectivity index (χ2v) is 12.9. The molecule has 6 nitrogen and oxygen atoms in total. The Kier molecular flexibility index (Phi) is 7.54. The maximum atomic E-state index is 13.7. The topological polar surface area (TPSA) is 71.4 Å². The smallest absolute Gasteiger partial charge is 0.270 e. The SMILES string of the molecule is Cc1c(C(=O)Nc2cccc(C(C)(F)F)c2)cc(C(C)(C)C)n1[C@H]1CC[C@H](N(C)S(C)(=O)=O)CC1. The van der Waals surface area contributed by atoms with Crippen molar-refractivity contribution in [2.75, 3.05) is 18.6 Å². The van der Waals surface area contributed by atoms with Gasteiger partial charge in [0.1, 0.15) is 0 Å². The monoisotopic (exact) mass is 509 g/mol. The average molecular weight is 510 g/mol. The third-order valence-corrected chi connectivity index (χ3v) is 8.35. The van der Waals surface area contributed by atoms with Crippen LogP contribution >= 0.6 is 0 Å². The molecule has 1 aromatic heterocycles. The van der Waals surface area contributed by atoms with E-state index >= 15 is 0 Å². The summed E-state index contributed by atoms with van der Waals surface area (Å²) in [6.07, 6.45) is 4.33. The number of carbonyl (C=O) groups is 1. The van der Waals surface area contributed by atoms with Crippen LogP contribution in [-0.2, 0) is 21.4 Å². The lowest BCUT2D eigenvalue weighted by Crippen LogP contribution is -2.39. The molecule has 0 aliphatic heterocycles. The van der Waals surface area contributed by atoms with Gasteiger partial charge < -0.3 is 9.88 Å². The standard InChI is InChI=1S/C26H37F2N3O3S/c1-17-22(24(32)29-19-10-8-9-18(15-19)26(5,27)28)16-23(25(2,3)4)31(17)21-13-11-20(12-14-21)30(6)35(7,33)34/h8-10,15-16,20-21H,11-14H2,1-7H3,(H,29,32)/t20-,21-. The first-order valence-corrected chi connectivity index (χ1v) is 13.8. The highest BCUT2D eigenvalue weighted by Crippen LogP contribution is 2.38. The van der Waals surface area contributed by atoms with Crippen LogP contribution in [-0.4, -0.2) is 42.5 Å². The first-order chi connectivity index (χ1) is 16.0. The Morgan fingerprint density at radius 2 is 1.69 bits per heavy atom. The predicted octanol–water partition coefficient (Wildman–Crippen LogP) is 5.83. The second-order valence-electron chi connectivity index (χ2n) is 10.8. The highest BCUT2D eigenvalue weighted by molar-refractivity contribution is 7.88. The molecule has 0 bridgehead atoms. The Hall–Kier alpha value is -2.26. The van der Waals surface area contributed by atoms with Gasteiger partial charge in [0, 0.05) is 54.1 Å². The molecule has 0 spiro atoms. The summed E-state index contributed by atoms with van der Waals surface area (Å²) in [6.45, 7) is 9.02. The molecule has 3 rings (SSSR count). The lowest BCUT2D eigenvalue weighted by molar-refractivity contribution is 0.0175. The first kappa shape index (κ1) is 27.3. The van der Waals surface area contributed by atoms with Crippen LogP contribution in [0.5, 0.6) is 0 Å². The van der Waals surface area contributed by atoms with Crippen LogP contribution in [0.25, 0.3) is 0 Å². The van der Waals surface area contributed by atoms with Crippen molar-refractivity contribution < 1.29 is 22.0 Å². The number of hydrogen-bond acceptors (Lipinski definition) is 3. The summed E-state index contributed by atoms with van der Waals surface area (Å²) in [5.41, 5.74) is 2.30. The fourth-order valence-corrected chi connectivity index (χ4v) is 5.67. The van der Waals surface area contributed by atoms with Crippen LogP contribution < -0.4 is 5.32 Å². The van der Waals surface area contributed by atoms with E-state index in [2.05, 4.69) is 30.7 Å². The lowest BCUT2D eigenvalue weighted by Gasteiger charge is -2.36. The molecule has 1 saturated carbocycles. The number of benzene rings is 1. The van der Waals surface area contributed by atoms with Gasteiger partial charge in [0.05, 0.1) is 11.8 Å². The lowest BCUT2D eigenvalue weighted by atomic mass is 9.88. The van der Waals surface area contributed by atoms with Gasteiger partial charge in [-0.1, -0.05) is 32.9 Å². The van der Waals surface area contributed by atoms with Crippen molar-refractivity contribution in [2.24, 2.45) is 0 Å². The molecule has 1 aliphatic rings. The molecular weight excluding hydrogens is 472 g/mol. The molecule has 0 radical (unpaired) electrons. The average Bonchev–Trinajstić information content (AvgIpc) is 3.10. The van der Waals surface area contributed by atoms with Crippen molar-refractivity contribution in [3.05, 3.63) is 52.8 Å². The molecule has 35 heavy (non-hydrogen) atoms. The number of halogens is 2. The highest BCUT2D eigenvalue weighted by Gasteiger charge is 2.33. The molecule has 194 valence electrons. The summed E-state index contributed by atoms with van der Waals surface area (Å²) in [7, 11) is -1.61. The molecule has 2 aromatic rings. The Morgan fingerprint density at radius 3 is 2.20 bits per heavy atom. The number of aromatic nitrogens is 1. The normalized spacial score (nSPS) is 19.7. The number of anilines is 1. The van der Waals surface area contributed by atoms with Crippen molar-refractivity contribution in [1.29, 1.82) is 0 Å². The van der Waals surface area contributed by atoms with Gasteiger partial charge in [0.15, 0.2) is 0 Å². The molecule has 9 heteroatoms. The molecule has 1 N–H and O–H groups in total. The molecule has 0 atom stereocenters. The molecule has 1 heterocycles. The third-order valence-electron chi connectivity index (χ3n) is 7.00. The molecule has 1 fully saturated rings. The maximum Gasteiger partial charge on any atom is 0.270 e. The summed E-state index contributed by atoms with van der Waals surface area (Å²) < 4.78 is 55.1. The van der Waals surface area contributed by atoms with Crippen LogP contribution in [0.3, 0.4) is 0 Å². The van der Waals surface area contributed by atoms with Gasteiger partial charge >= 0.3 is 0 Å². The predicted molar refractivity (Wildman–Crippen MR) is 136 cm³/mol. The third kappa shape index (κ3) is 6.12. The number of amides is 1. The quantitative estimate of drug-likeness (QED) is 0.532. The van der Waals surface area contributed by atoms with Crippen molar-refractivity contribution in [2.45, 2.75) is 83.7 Å². The first-order valence-electron chi connectivity index (χ1n) is 11.9. The van der Waals surface area contributed by atoms with Crippen molar-refractivity contribution in [3.8, 4) is 0 Å². The minimum Gasteiger partial charge on any atom is -0.345 e. The maximum absolute atomic E-state index is 13.7. The molecule has 1 amide bonds. The second kappa shape index (κ2) is 9.65. The van der Waals surface area contributed by atoms with Crippen LogP contribution in [0.2, 0.25) is 0 Å². The van der Waals surface area contributed by atoms with Gasteiger partial charge in [0.25, 0.3) is 11.8 Å². The number of hydrogen-bond donors (Lipinski definition) is 1. The minimum atomic E-state index is -3.25. The van der Waals surface area contributed by atoms with Gasteiger partial charge in [-0.05, 0) is 50.8 Å². The Bertz CT molecular complexity index is 1190. The van der Waals surface area contributed by atoms with E-state index in [1.54, 1.807) is 13.1 Å². The Morgan fingerprint density at radius 1 is 1.09 bits per heavy atom. The van der Waals surface area contributed by atoms with Crippen molar-refractivity contribution in [1.82, 2.24) is 8.87 Å². The number of rotatable bonds is 6. The number of alkyl halides is 2. The van der Waals surface area contributed by atoms with Crippen LogP contribution in [0.15, 0.2) is 30.3 Å². The fourth-order valence-electron chi connectivity index (χ4n) is 4.92. The largest absolute Gasteiger partial charge is 0.345 e. The fraction of sp³-hybridized carbons (Fsp3) is 0.577. The number of sulfonamides is 1. The Labute approximate surface area is 207 Å². The van der Waals surface area contributed by atoms with E-state index in [-0.39, 0.29) is 29.0 Å². The zero-order valence-electron chi connectivity index (χ0n) is 21.7. The number of carbonyl (C=O) groups excluding carboxylic acids is 1. The van der Waals surface area contributed by atoms with E-state index in [1.165, 1.54) is 28.8 Å². The summed E-state index contributed by atoms with van der Waals surface area (Å²) in [5, 5.41) is 2.79. The van der Waals surface area contributed by atoms with Gasteiger partial charge in [0.2, 0.25) is 10.0 Å². The van der Waals surface area contributed by atoms with Crippen molar-refractivity contribution >= 4 is 21.6 Å². The van der Waals surface area contributed by atoms with Crippen LogP contribution in [0, 0.1) is 6.92 Å². The highest BCUT2D eigenvalue weighted by atomic mass is 32.2. The van der Waals surface area contributed by atoms with Crippen LogP contribution in [0.4, 0.5) is 14.5 Å². The molecule has 0 saturated heterocycles. The van der Waals surface area contributed by atoms with E-state index < -0.39 is 15.9 Å². The summed E-state index contributed by atoms with van der Waals surface area (Å²) in [5.74, 6) is -3.34. The van der Waals surface area contributed by atoms with Gasteiger partial charge in [-0.3, -0.25) is 4.79 Å². The van der Waals surface area contributed by atoms with E-state index in [0.717, 1.165) is 44.0 Å². The number of nitrogens with zero attached hydrogens (tertiary/aromatic N) is 2. The Balaban J connectivity index is 1.88. The molecular formula is C26H37F2N3O3S. The van der Waals surface area contributed by atoms with E-state index in [1.807, 2.05) is 13.0 Å². The molecule has 0 unspecified atom stereocenters. The van der Waals surface area contributed by atoms with Gasteiger partial charge in [-0.2, -0.15) is 0 Å².